The summed E-state index contributed by atoms with van der Waals surface area (Å²) in [5.74, 6) is 0. The van der Waals surface area contributed by atoms with Gasteiger partial charge < -0.3 is 0 Å². The maximum atomic E-state index is 9.98. The number of hydrogen-bond donors (Lipinski definition) is 0. The van der Waals surface area contributed by atoms with Gasteiger partial charge in [-0.05, 0) is 0 Å². The Labute approximate surface area is 53.7 Å². The van der Waals surface area contributed by atoms with Crippen molar-refractivity contribution in [1.29, 1.82) is 0 Å². The van der Waals surface area contributed by atoms with Crippen LogP contribution in [0.2, 0.25) is 0 Å². The van der Waals surface area contributed by atoms with Crippen LogP contribution in [0.25, 0.3) is 0 Å². The summed E-state index contributed by atoms with van der Waals surface area (Å²) in [6.07, 6.45) is 0. The van der Waals surface area contributed by atoms with Gasteiger partial charge in [0.1, 0.15) is 0 Å². The Bertz CT molecular complexity index is 57.5. The minimum absolute atomic E-state index is 1.11. The van der Waals surface area contributed by atoms with E-state index in [1.807, 2.05) is 21.2 Å². The van der Waals surface area contributed by atoms with Crippen LogP contribution in [0.5, 0.6) is 0 Å². The van der Waals surface area contributed by atoms with E-state index in [-0.39, 0.29) is 0 Å². The predicted molar refractivity (Wildman–Crippen MR) is 37.6 cm³/mol. The fourth-order valence-electron chi connectivity index (χ4n) is 0.0444. The molecule has 0 aliphatic carbocycles. The summed E-state index contributed by atoms with van der Waals surface area (Å²) >= 11 is 1.92. The van der Waals surface area contributed by atoms with E-state index in [2.05, 4.69) is 3.97 Å². The normalized spacial score (nSPS) is 14.3. The van der Waals surface area contributed by atoms with Crippen LogP contribution >= 0.6 is 38.4 Å². The summed E-state index contributed by atoms with van der Waals surface area (Å²) < 4.78 is 14.5. The van der Waals surface area contributed by atoms with Crippen molar-refractivity contribution in [2.45, 2.75) is 0 Å². The van der Waals surface area contributed by atoms with E-state index in [4.69, 9.17) is 0 Å². The molecule has 0 N–H and O–H groups in total. The average molecular weight is 238 g/mol. The first kappa shape index (κ1) is 7.27. The SMILES string of the molecule is C[PH](=O)OSI. The smallest absolute Gasteiger partial charge is 0.201 e. The minimum atomic E-state index is -1.68. The molecule has 0 aliphatic heterocycles. The lowest BCUT2D eigenvalue weighted by Gasteiger charge is -1.83. The van der Waals surface area contributed by atoms with Crippen molar-refractivity contribution >= 4 is 38.4 Å². The largest absolute Gasteiger partial charge is 0.296 e. The molecule has 0 aromatic rings. The van der Waals surface area contributed by atoms with Crippen molar-refractivity contribution < 1.29 is 8.54 Å². The van der Waals surface area contributed by atoms with Crippen molar-refractivity contribution in [3.63, 3.8) is 0 Å². The van der Waals surface area contributed by atoms with Crippen LogP contribution in [0.15, 0.2) is 0 Å². The minimum Gasteiger partial charge on any atom is -0.296 e. The van der Waals surface area contributed by atoms with E-state index in [0.29, 0.717) is 0 Å². The molecular weight excluding hydrogens is 234 g/mol. The van der Waals surface area contributed by atoms with Gasteiger partial charge in [0, 0.05) is 27.9 Å². The van der Waals surface area contributed by atoms with Crippen LogP contribution in [0, 0.1) is 0 Å². The van der Waals surface area contributed by atoms with Crippen LogP contribution in [0.3, 0.4) is 0 Å². The lowest BCUT2D eigenvalue weighted by atomic mass is 12.0. The lowest BCUT2D eigenvalue weighted by Crippen LogP contribution is -1.48. The predicted octanol–water partition coefficient (Wildman–Crippen LogP) is 2.11. The third-order valence-electron chi connectivity index (χ3n) is 0.149. The quantitative estimate of drug-likeness (QED) is 0.418. The van der Waals surface area contributed by atoms with Gasteiger partial charge in [0.05, 0.1) is 9.21 Å². The molecule has 0 heterocycles. The van der Waals surface area contributed by atoms with Gasteiger partial charge in [-0.25, -0.2) is 3.97 Å². The monoisotopic (exact) mass is 238 g/mol. The van der Waals surface area contributed by atoms with Crippen molar-refractivity contribution in [3.05, 3.63) is 0 Å². The fourth-order valence-corrected chi connectivity index (χ4v) is 2.68. The molecular formula is CH4IO2PS. The zero-order valence-corrected chi connectivity index (χ0v) is 7.08. The zero-order valence-electron chi connectivity index (χ0n) is 3.10. The Morgan fingerprint density at radius 2 is 2.50 bits per heavy atom. The molecule has 1 unspecified atom stereocenters. The molecule has 6 heavy (non-hydrogen) atoms. The van der Waals surface area contributed by atoms with Crippen LogP contribution in [-0.2, 0) is 8.54 Å². The van der Waals surface area contributed by atoms with E-state index in [1.165, 1.54) is 0 Å². The third kappa shape index (κ3) is 5.27. The van der Waals surface area contributed by atoms with Crippen LogP contribution < -0.4 is 0 Å². The molecule has 0 spiro atoms. The average Bonchev–Trinajstić information content (AvgIpc) is 1.35. The second kappa shape index (κ2) is 4.43. The summed E-state index contributed by atoms with van der Waals surface area (Å²) in [6, 6.07) is 0. The molecule has 0 aromatic carbocycles. The highest BCUT2D eigenvalue weighted by molar-refractivity contribution is 14.2. The maximum absolute atomic E-state index is 9.98. The first-order valence-corrected chi connectivity index (χ1v) is 6.33. The summed E-state index contributed by atoms with van der Waals surface area (Å²) in [7, 11) is -0.568. The van der Waals surface area contributed by atoms with E-state index < -0.39 is 8.03 Å². The topological polar surface area (TPSA) is 26.3 Å². The van der Waals surface area contributed by atoms with Gasteiger partial charge in [-0.1, -0.05) is 0 Å². The number of rotatable bonds is 2. The Hall–Kier alpha value is 1.27. The van der Waals surface area contributed by atoms with Crippen molar-refractivity contribution in [2.24, 2.45) is 0 Å². The molecule has 5 heteroatoms. The van der Waals surface area contributed by atoms with Crippen molar-refractivity contribution in [2.75, 3.05) is 6.66 Å². The first-order valence-electron chi connectivity index (χ1n) is 1.23. The molecule has 2 nitrogen and oxygen atoms in total. The van der Waals surface area contributed by atoms with Gasteiger partial charge in [0.15, 0.2) is 0 Å². The van der Waals surface area contributed by atoms with E-state index in [1.54, 1.807) is 6.66 Å². The van der Waals surface area contributed by atoms with Gasteiger partial charge >= 0.3 is 0 Å². The summed E-state index contributed by atoms with van der Waals surface area (Å²) in [5.41, 5.74) is 0. The van der Waals surface area contributed by atoms with Gasteiger partial charge in [-0.15, -0.1) is 0 Å². The molecule has 0 bridgehead atoms. The third-order valence-corrected chi connectivity index (χ3v) is 2.96. The molecule has 0 aliphatic rings. The molecule has 0 saturated heterocycles. The second-order valence-corrected chi connectivity index (χ2v) is 3.49. The summed E-state index contributed by atoms with van der Waals surface area (Å²) in [4.78, 5) is 0. The molecule has 0 aromatic heterocycles. The lowest BCUT2D eigenvalue weighted by molar-refractivity contribution is 0.542. The van der Waals surface area contributed by atoms with Crippen LogP contribution in [-0.4, -0.2) is 6.66 Å². The Kier molecular flexibility index (Phi) is 5.37. The highest BCUT2D eigenvalue weighted by Crippen LogP contribution is 2.28. The Morgan fingerprint density at radius 3 is 2.50 bits per heavy atom. The highest BCUT2D eigenvalue weighted by Gasteiger charge is 1.82. The molecule has 0 amide bonds. The molecule has 0 radical (unpaired) electrons. The van der Waals surface area contributed by atoms with Gasteiger partial charge in [0.25, 0.3) is 0 Å². The first-order chi connectivity index (χ1) is 2.77. The van der Waals surface area contributed by atoms with E-state index in [0.717, 1.165) is 9.21 Å². The second-order valence-electron chi connectivity index (χ2n) is 0.638. The van der Waals surface area contributed by atoms with Crippen LogP contribution in [0.4, 0.5) is 0 Å². The van der Waals surface area contributed by atoms with Crippen molar-refractivity contribution in [1.82, 2.24) is 0 Å². The molecule has 0 saturated carbocycles. The fraction of sp³-hybridized carbons (Fsp3) is 1.00. The number of hydrogen-bond acceptors (Lipinski definition) is 3. The van der Waals surface area contributed by atoms with Crippen LogP contribution in [0.1, 0.15) is 0 Å². The zero-order chi connectivity index (χ0) is 4.99. The maximum Gasteiger partial charge on any atom is 0.201 e. The van der Waals surface area contributed by atoms with Gasteiger partial charge in [-0.3, -0.25) is 4.57 Å². The summed E-state index contributed by atoms with van der Waals surface area (Å²) in [5, 5.41) is 0. The molecule has 0 fully saturated rings. The molecule has 0 rings (SSSR count). The van der Waals surface area contributed by atoms with E-state index >= 15 is 0 Å². The van der Waals surface area contributed by atoms with Crippen molar-refractivity contribution in [3.8, 4) is 0 Å². The van der Waals surface area contributed by atoms with Gasteiger partial charge in [-0.2, -0.15) is 0 Å². The molecule has 38 valence electrons. The Morgan fingerprint density at radius 1 is 2.00 bits per heavy atom. The number of halogens is 1. The van der Waals surface area contributed by atoms with Gasteiger partial charge in [0.2, 0.25) is 8.03 Å². The molecule has 1 atom stereocenters. The Balaban J connectivity index is 2.83. The summed E-state index contributed by atoms with van der Waals surface area (Å²) in [6.45, 7) is 1.55. The standard InChI is InChI=1S/CH4IO2PS/c1-5(3)4-6-2/h5H,1H3. The highest BCUT2D eigenvalue weighted by atomic mass is 127. The van der Waals surface area contributed by atoms with E-state index in [9.17, 15) is 4.57 Å².